The number of hydrogen-bond acceptors (Lipinski definition) is 0. The van der Waals surface area contributed by atoms with Crippen LogP contribution in [0.4, 0.5) is 0 Å². The van der Waals surface area contributed by atoms with Gasteiger partial charge in [-0.1, -0.05) is 249 Å². The van der Waals surface area contributed by atoms with Gasteiger partial charge in [-0.3, -0.25) is 0 Å². The second kappa shape index (κ2) is 18.2. The Morgan fingerprint density at radius 3 is 1.05 bits per heavy atom. The molecule has 3 aliphatic carbocycles. The first kappa shape index (κ1) is 46.9. The Balaban J connectivity index is 0.993. The van der Waals surface area contributed by atoms with Crippen LogP contribution in [0.2, 0.25) is 0 Å². The van der Waals surface area contributed by atoms with E-state index in [4.69, 9.17) is 0 Å². The Labute approximate surface area is 445 Å². The standard InChI is InChI=1S/C75H66/c1-7-9-23-49-41-53(45-55(43-49)59-33-21-39-69-71(59)63-31-13-15-35-65(63)73(69,3)4)51-25-19-27-57(47-51)75(67-37-17-11-29-61(67)62-30-12-18-38-68(62)75)58-28-20-26-52(48-58)54-42-50(24-10-8-2)44-56(46-54)60-34-22-40-70-72(60)64-32-14-16-36-66(64)74(70,5)6/h11-22,25-48H,7-10,23-24H2,1-6H3. The smallest absolute Gasteiger partial charge is 0.0654 e. The average Bonchev–Trinajstić information content (AvgIpc) is 4.05. The predicted octanol–water partition coefficient (Wildman–Crippen LogP) is 20.0. The van der Waals surface area contributed by atoms with Crippen LogP contribution in [0.15, 0.2) is 218 Å². The van der Waals surface area contributed by atoms with Crippen molar-refractivity contribution in [3.8, 4) is 77.9 Å². The quantitative estimate of drug-likeness (QED) is 0.114. The van der Waals surface area contributed by atoms with Crippen molar-refractivity contribution in [1.82, 2.24) is 0 Å². The summed E-state index contributed by atoms with van der Waals surface area (Å²) in [4.78, 5) is 0. The molecule has 0 heterocycles. The fraction of sp³-hybridized carbons (Fsp3) is 0.200. The topological polar surface area (TPSA) is 0 Å². The molecule has 0 spiro atoms. The van der Waals surface area contributed by atoms with Crippen LogP contribution in [-0.2, 0) is 29.1 Å². The maximum atomic E-state index is 2.53. The Morgan fingerprint density at radius 2 is 0.627 bits per heavy atom. The van der Waals surface area contributed by atoms with E-state index in [0.717, 1.165) is 38.5 Å². The molecule has 0 heteroatoms. The molecule has 13 rings (SSSR count). The van der Waals surface area contributed by atoms with E-state index in [0.29, 0.717) is 0 Å². The Morgan fingerprint density at radius 1 is 0.280 bits per heavy atom. The SMILES string of the molecule is CCCCc1cc(-c2cccc(C3(c4cccc(-c5cc(CCCC)cc(-c6cccc7c6-c6ccccc6C7(C)C)c5)c4)c4ccccc4-c4ccccc43)c2)cc(-c2cccc3c2-c2ccccc2C3(C)C)c1. The fourth-order valence-corrected chi connectivity index (χ4v) is 14.0. The number of benzene rings is 10. The maximum absolute atomic E-state index is 2.53. The third-order valence-corrected chi connectivity index (χ3v) is 17.7. The van der Waals surface area contributed by atoms with Gasteiger partial charge in [-0.15, -0.1) is 0 Å². The lowest BCUT2D eigenvalue weighted by atomic mass is 9.67. The Hall–Kier alpha value is -7.80. The van der Waals surface area contributed by atoms with Gasteiger partial charge in [-0.05, 0) is 183 Å². The fourth-order valence-electron chi connectivity index (χ4n) is 14.0. The van der Waals surface area contributed by atoms with Crippen molar-refractivity contribution in [3.63, 3.8) is 0 Å². The summed E-state index contributed by atoms with van der Waals surface area (Å²) in [6, 6.07) is 84.6. The molecule has 10 aromatic rings. The number of fused-ring (bicyclic) bond motifs is 9. The first-order chi connectivity index (χ1) is 36.6. The second-order valence-electron chi connectivity index (χ2n) is 22.8. The lowest BCUT2D eigenvalue weighted by molar-refractivity contribution is 0.660. The Bertz CT molecular complexity index is 3620. The van der Waals surface area contributed by atoms with Gasteiger partial charge in [0, 0.05) is 10.8 Å². The normalized spacial score (nSPS) is 14.6. The van der Waals surface area contributed by atoms with Crippen LogP contribution < -0.4 is 0 Å². The summed E-state index contributed by atoms with van der Waals surface area (Å²) < 4.78 is 0. The molecule has 0 aliphatic heterocycles. The molecule has 0 saturated carbocycles. The van der Waals surface area contributed by atoms with Crippen LogP contribution in [-0.4, -0.2) is 0 Å². The van der Waals surface area contributed by atoms with Gasteiger partial charge in [-0.2, -0.15) is 0 Å². The number of rotatable bonds is 12. The van der Waals surface area contributed by atoms with Crippen LogP contribution in [0.3, 0.4) is 0 Å². The molecule has 366 valence electrons. The van der Waals surface area contributed by atoms with Gasteiger partial charge in [-0.25, -0.2) is 0 Å². The molecule has 0 aromatic heterocycles. The van der Waals surface area contributed by atoms with E-state index in [1.54, 1.807) is 0 Å². The van der Waals surface area contributed by atoms with Crippen molar-refractivity contribution in [2.75, 3.05) is 0 Å². The summed E-state index contributed by atoms with van der Waals surface area (Å²) in [5, 5.41) is 0. The van der Waals surface area contributed by atoms with E-state index in [9.17, 15) is 0 Å². The molecular weight excluding hydrogens is 901 g/mol. The van der Waals surface area contributed by atoms with Crippen molar-refractivity contribution in [2.45, 2.75) is 96.3 Å². The van der Waals surface area contributed by atoms with Crippen molar-refractivity contribution in [2.24, 2.45) is 0 Å². The van der Waals surface area contributed by atoms with E-state index in [1.165, 1.54) is 134 Å². The minimum Gasteiger partial charge on any atom is -0.0654 e. The predicted molar refractivity (Wildman–Crippen MR) is 318 cm³/mol. The molecule has 0 radical (unpaired) electrons. The summed E-state index contributed by atoms with van der Waals surface area (Å²) in [6.45, 7) is 14.2. The van der Waals surface area contributed by atoms with E-state index in [2.05, 4.69) is 260 Å². The summed E-state index contributed by atoms with van der Waals surface area (Å²) in [7, 11) is 0. The molecule has 0 bridgehead atoms. The van der Waals surface area contributed by atoms with Crippen molar-refractivity contribution >= 4 is 0 Å². The molecule has 75 heavy (non-hydrogen) atoms. The monoisotopic (exact) mass is 967 g/mol. The number of aryl methyl sites for hydroxylation is 2. The van der Waals surface area contributed by atoms with Crippen LogP contribution in [0.1, 0.15) is 123 Å². The van der Waals surface area contributed by atoms with Crippen LogP contribution in [0.25, 0.3) is 77.9 Å². The van der Waals surface area contributed by atoms with Gasteiger partial charge in [0.2, 0.25) is 0 Å². The summed E-state index contributed by atoms with van der Waals surface area (Å²) in [5.74, 6) is 0. The molecule has 0 saturated heterocycles. The van der Waals surface area contributed by atoms with Gasteiger partial charge in [0.05, 0.1) is 5.41 Å². The first-order valence-electron chi connectivity index (χ1n) is 27.8. The highest BCUT2D eigenvalue weighted by atomic mass is 14.5. The highest BCUT2D eigenvalue weighted by Gasteiger charge is 2.46. The molecule has 0 amide bonds. The largest absolute Gasteiger partial charge is 0.0713 e. The van der Waals surface area contributed by atoms with Crippen molar-refractivity contribution < 1.29 is 0 Å². The summed E-state index contributed by atoms with van der Waals surface area (Å²) in [6.07, 6.45) is 6.71. The first-order valence-corrected chi connectivity index (χ1v) is 27.8. The van der Waals surface area contributed by atoms with Crippen LogP contribution in [0.5, 0.6) is 0 Å². The Kier molecular flexibility index (Phi) is 11.4. The lowest BCUT2D eigenvalue weighted by Crippen LogP contribution is -2.28. The number of hydrogen-bond donors (Lipinski definition) is 0. The third-order valence-electron chi connectivity index (χ3n) is 17.7. The zero-order valence-electron chi connectivity index (χ0n) is 44.5. The lowest BCUT2D eigenvalue weighted by Gasteiger charge is -2.34. The summed E-state index contributed by atoms with van der Waals surface area (Å²) >= 11 is 0. The van der Waals surface area contributed by atoms with Crippen LogP contribution >= 0.6 is 0 Å². The van der Waals surface area contributed by atoms with E-state index < -0.39 is 5.41 Å². The molecule has 0 unspecified atom stereocenters. The van der Waals surface area contributed by atoms with Gasteiger partial charge < -0.3 is 0 Å². The molecular formula is C75H66. The summed E-state index contributed by atoms with van der Waals surface area (Å²) in [5.41, 5.74) is 31.3. The van der Waals surface area contributed by atoms with Gasteiger partial charge in [0.25, 0.3) is 0 Å². The molecule has 0 N–H and O–H groups in total. The maximum Gasteiger partial charge on any atom is 0.0713 e. The van der Waals surface area contributed by atoms with Gasteiger partial charge in [0.15, 0.2) is 0 Å². The highest BCUT2D eigenvalue weighted by Crippen LogP contribution is 2.58. The third kappa shape index (κ3) is 7.39. The second-order valence-corrected chi connectivity index (χ2v) is 22.8. The minimum absolute atomic E-state index is 0.0647. The number of unbranched alkanes of at least 4 members (excludes halogenated alkanes) is 2. The molecule has 10 aromatic carbocycles. The van der Waals surface area contributed by atoms with Crippen LogP contribution in [0, 0.1) is 0 Å². The zero-order chi connectivity index (χ0) is 51.1. The van der Waals surface area contributed by atoms with E-state index >= 15 is 0 Å². The van der Waals surface area contributed by atoms with E-state index in [1.807, 2.05) is 0 Å². The molecule has 0 atom stereocenters. The average molecular weight is 967 g/mol. The van der Waals surface area contributed by atoms with Crippen molar-refractivity contribution in [1.29, 1.82) is 0 Å². The minimum atomic E-state index is -0.574. The zero-order valence-corrected chi connectivity index (χ0v) is 44.5. The van der Waals surface area contributed by atoms with Crippen molar-refractivity contribution in [3.05, 3.63) is 274 Å². The molecule has 0 nitrogen and oxygen atoms in total. The van der Waals surface area contributed by atoms with Gasteiger partial charge in [0.1, 0.15) is 0 Å². The highest BCUT2D eigenvalue weighted by molar-refractivity contribution is 5.96. The van der Waals surface area contributed by atoms with Gasteiger partial charge >= 0.3 is 0 Å². The molecule has 3 aliphatic rings. The molecule has 0 fully saturated rings. The van der Waals surface area contributed by atoms with E-state index in [-0.39, 0.29) is 10.8 Å².